The largest absolute Gasteiger partial charge is 0.455 e. The van der Waals surface area contributed by atoms with E-state index in [0.29, 0.717) is 17.5 Å². The summed E-state index contributed by atoms with van der Waals surface area (Å²) in [6.07, 6.45) is 0. The molecular formula is C55H33N5O. The van der Waals surface area contributed by atoms with Crippen LogP contribution >= 0.6 is 0 Å². The van der Waals surface area contributed by atoms with Crippen LogP contribution in [-0.4, -0.2) is 24.1 Å². The summed E-state index contributed by atoms with van der Waals surface area (Å²) >= 11 is 0. The number of aromatic nitrogens is 5. The van der Waals surface area contributed by atoms with Gasteiger partial charge >= 0.3 is 0 Å². The second-order valence-electron chi connectivity index (χ2n) is 15.6. The standard InChI is InChI=1S/C55H33N5O/c1-3-16-34(17-4-1)53-56-54(42-26-15-25-40-38-22-9-12-27-45(38)59(51(40)42)37-20-5-2-6-21-37)58-55(57-53)43-30-31-47(50-41-24-11-14-29-49(41)61-52(43)50)60-46-28-13-10-23-39(46)44-32-35-18-7-8-19-36(35)33-48(44)60/h1-33H. The van der Waals surface area contributed by atoms with Gasteiger partial charge in [-0.1, -0.05) is 140 Å². The van der Waals surface area contributed by atoms with Crippen LogP contribution in [0.15, 0.2) is 205 Å². The van der Waals surface area contributed by atoms with Crippen LogP contribution in [0.3, 0.4) is 0 Å². The number of benzene rings is 9. The fraction of sp³-hybridized carbons (Fsp3) is 0. The number of hydrogen-bond donors (Lipinski definition) is 0. The fourth-order valence-corrected chi connectivity index (χ4v) is 9.47. The first-order valence-electron chi connectivity index (χ1n) is 20.5. The smallest absolute Gasteiger partial charge is 0.167 e. The molecule has 6 heteroatoms. The van der Waals surface area contributed by atoms with E-state index in [4.69, 9.17) is 19.4 Å². The third kappa shape index (κ3) is 5.06. The summed E-state index contributed by atoms with van der Waals surface area (Å²) in [7, 11) is 0. The lowest BCUT2D eigenvalue weighted by Gasteiger charge is -2.14. The van der Waals surface area contributed by atoms with E-state index in [1.54, 1.807) is 0 Å². The first-order valence-corrected chi connectivity index (χ1v) is 20.5. The lowest BCUT2D eigenvalue weighted by Crippen LogP contribution is -2.03. The average Bonchev–Trinajstić information content (AvgIpc) is 3.99. The number of fused-ring (bicyclic) bond motifs is 10. The quantitative estimate of drug-likeness (QED) is 0.175. The highest BCUT2D eigenvalue weighted by molar-refractivity contribution is 6.18. The highest BCUT2D eigenvalue weighted by Crippen LogP contribution is 2.44. The summed E-state index contributed by atoms with van der Waals surface area (Å²) in [6, 6.07) is 70.2. The van der Waals surface area contributed by atoms with Crippen LogP contribution in [0.2, 0.25) is 0 Å². The Hall–Kier alpha value is -8.35. The summed E-state index contributed by atoms with van der Waals surface area (Å²) in [6.45, 7) is 0. The number of nitrogens with zero attached hydrogens (tertiary/aromatic N) is 5. The summed E-state index contributed by atoms with van der Waals surface area (Å²) in [5, 5.41) is 9.13. The van der Waals surface area contributed by atoms with E-state index in [-0.39, 0.29) is 0 Å². The maximum absolute atomic E-state index is 6.93. The molecule has 0 spiro atoms. The topological polar surface area (TPSA) is 61.7 Å². The molecule has 9 aromatic carbocycles. The van der Waals surface area contributed by atoms with Crippen molar-refractivity contribution in [2.75, 3.05) is 0 Å². The minimum atomic E-state index is 0.534. The molecule has 0 saturated heterocycles. The van der Waals surface area contributed by atoms with Gasteiger partial charge in [-0.05, 0) is 71.4 Å². The molecule has 0 N–H and O–H groups in total. The first-order chi connectivity index (χ1) is 30.3. The van der Waals surface area contributed by atoms with Gasteiger partial charge in [-0.3, -0.25) is 0 Å². The molecule has 0 unspecified atom stereocenters. The van der Waals surface area contributed by atoms with Crippen LogP contribution in [0, 0.1) is 0 Å². The molecule has 0 aliphatic carbocycles. The Balaban J connectivity index is 1.11. The highest BCUT2D eigenvalue weighted by atomic mass is 16.3. The second-order valence-corrected chi connectivity index (χ2v) is 15.6. The maximum Gasteiger partial charge on any atom is 0.167 e. The molecule has 13 rings (SSSR count). The first kappa shape index (κ1) is 33.6. The molecule has 0 radical (unpaired) electrons. The molecule has 0 amide bonds. The van der Waals surface area contributed by atoms with E-state index in [9.17, 15) is 0 Å². The highest BCUT2D eigenvalue weighted by Gasteiger charge is 2.24. The van der Waals surface area contributed by atoms with Crippen molar-refractivity contribution in [1.82, 2.24) is 24.1 Å². The van der Waals surface area contributed by atoms with Gasteiger partial charge in [-0.2, -0.15) is 0 Å². The molecule has 0 aliphatic rings. The van der Waals surface area contributed by atoms with Crippen LogP contribution in [0.4, 0.5) is 0 Å². The van der Waals surface area contributed by atoms with Gasteiger partial charge in [0.15, 0.2) is 17.5 Å². The van der Waals surface area contributed by atoms with Crippen molar-refractivity contribution in [2.45, 2.75) is 0 Å². The Labute approximate surface area is 349 Å². The molecule has 4 aromatic heterocycles. The third-order valence-corrected chi connectivity index (χ3v) is 12.1. The van der Waals surface area contributed by atoms with Gasteiger partial charge in [0.25, 0.3) is 0 Å². The van der Waals surface area contributed by atoms with E-state index < -0.39 is 0 Å². The van der Waals surface area contributed by atoms with Crippen LogP contribution < -0.4 is 0 Å². The minimum absolute atomic E-state index is 0.534. The zero-order valence-electron chi connectivity index (χ0n) is 32.7. The summed E-state index contributed by atoms with van der Waals surface area (Å²) in [5.41, 5.74) is 10.6. The molecule has 61 heavy (non-hydrogen) atoms. The monoisotopic (exact) mass is 779 g/mol. The zero-order chi connectivity index (χ0) is 40.0. The molecule has 284 valence electrons. The Bertz CT molecular complexity index is 3880. The minimum Gasteiger partial charge on any atom is -0.455 e. The van der Waals surface area contributed by atoms with Crippen molar-refractivity contribution < 1.29 is 4.42 Å². The molecule has 13 aromatic rings. The van der Waals surface area contributed by atoms with Crippen LogP contribution in [0.5, 0.6) is 0 Å². The van der Waals surface area contributed by atoms with Crippen molar-refractivity contribution in [3.63, 3.8) is 0 Å². The Morgan fingerprint density at radius 1 is 0.377 bits per heavy atom. The van der Waals surface area contributed by atoms with Gasteiger partial charge in [-0.25, -0.2) is 15.0 Å². The summed E-state index contributed by atoms with van der Waals surface area (Å²) < 4.78 is 11.6. The number of hydrogen-bond acceptors (Lipinski definition) is 4. The van der Waals surface area contributed by atoms with Crippen molar-refractivity contribution in [2.24, 2.45) is 0 Å². The molecule has 0 aliphatic heterocycles. The normalized spacial score (nSPS) is 11.9. The Morgan fingerprint density at radius 2 is 0.967 bits per heavy atom. The Kier molecular flexibility index (Phi) is 7.21. The number of furan rings is 1. The molecule has 0 saturated carbocycles. The van der Waals surface area contributed by atoms with Gasteiger partial charge < -0.3 is 13.6 Å². The second kappa shape index (κ2) is 13.1. The zero-order valence-corrected chi connectivity index (χ0v) is 32.7. The third-order valence-electron chi connectivity index (χ3n) is 12.1. The predicted molar refractivity (Wildman–Crippen MR) is 250 cm³/mol. The lowest BCUT2D eigenvalue weighted by atomic mass is 10.0. The van der Waals surface area contributed by atoms with Crippen molar-refractivity contribution in [3.8, 4) is 45.5 Å². The van der Waals surface area contributed by atoms with Crippen molar-refractivity contribution in [3.05, 3.63) is 200 Å². The molecule has 0 atom stereocenters. The van der Waals surface area contributed by atoms with Gasteiger partial charge in [0, 0.05) is 43.7 Å². The summed E-state index contributed by atoms with van der Waals surface area (Å²) in [4.78, 5) is 15.9. The molecule has 4 heterocycles. The van der Waals surface area contributed by atoms with Gasteiger partial charge in [0.2, 0.25) is 0 Å². The van der Waals surface area contributed by atoms with Gasteiger partial charge in [-0.15, -0.1) is 0 Å². The van der Waals surface area contributed by atoms with Crippen LogP contribution in [0.25, 0.3) is 122 Å². The number of rotatable bonds is 5. The summed E-state index contributed by atoms with van der Waals surface area (Å²) in [5.74, 6) is 1.70. The average molecular weight is 780 g/mol. The Morgan fingerprint density at radius 3 is 1.75 bits per heavy atom. The van der Waals surface area contributed by atoms with E-state index in [1.807, 2.05) is 30.3 Å². The van der Waals surface area contributed by atoms with E-state index >= 15 is 0 Å². The van der Waals surface area contributed by atoms with E-state index in [2.05, 4.69) is 179 Å². The van der Waals surface area contributed by atoms with E-state index in [0.717, 1.165) is 77.5 Å². The molecular weight excluding hydrogens is 747 g/mol. The molecule has 0 fully saturated rings. The number of para-hydroxylation sites is 5. The van der Waals surface area contributed by atoms with Crippen molar-refractivity contribution >= 4 is 76.3 Å². The van der Waals surface area contributed by atoms with E-state index in [1.165, 1.54) is 26.9 Å². The SMILES string of the molecule is c1ccc(-c2nc(-c3ccc(-n4c5ccccc5c5cc6ccccc6cc54)c4c3oc3ccccc34)nc(-c3cccc4c5ccccc5n(-c5ccccc5)c34)n2)cc1. The maximum atomic E-state index is 6.93. The van der Waals surface area contributed by atoms with Gasteiger partial charge in [0.1, 0.15) is 11.2 Å². The predicted octanol–water partition coefficient (Wildman–Crippen LogP) is 14.1. The van der Waals surface area contributed by atoms with Crippen molar-refractivity contribution in [1.29, 1.82) is 0 Å². The van der Waals surface area contributed by atoms with Crippen LogP contribution in [0.1, 0.15) is 0 Å². The molecule has 0 bridgehead atoms. The molecule has 6 nitrogen and oxygen atoms in total. The van der Waals surface area contributed by atoms with Crippen LogP contribution in [-0.2, 0) is 0 Å². The lowest BCUT2D eigenvalue weighted by molar-refractivity contribution is 0.669. The fourth-order valence-electron chi connectivity index (χ4n) is 9.47. The van der Waals surface area contributed by atoms with Gasteiger partial charge in [0.05, 0.1) is 38.7 Å².